The van der Waals surface area contributed by atoms with Crippen LogP contribution in [0.2, 0.25) is 0 Å². The second-order valence-corrected chi connectivity index (χ2v) is 6.92. The lowest BCUT2D eigenvalue weighted by molar-refractivity contribution is 0.430. The molecule has 0 radical (unpaired) electrons. The molecule has 1 fully saturated rings. The van der Waals surface area contributed by atoms with Crippen LogP contribution in [-0.4, -0.2) is 19.6 Å². The molecule has 2 N–H and O–H groups in total. The number of nitrogens with one attached hydrogen (secondary N) is 2. The van der Waals surface area contributed by atoms with Gasteiger partial charge in [-0.15, -0.1) is 0 Å². The van der Waals surface area contributed by atoms with Crippen LogP contribution in [0.1, 0.15) is 24.1 Å². The van der Waals surface area contributed by atoms with E-state index in [9.17, 15) is 8.42 Å². The number of anilines is 1. The molecule has 6 nitrogen and oxygen atoms in total. The maximum Gasteiger partial charge on any atom is 0.264 e. The van der Waals surface area contributed by atoms with E-state index in [1.165, 1.54) is 18.9 Å². The average Bonchev–Trinajstić information content (AvgIpc) is 3.20. The second kappa shape index (κ2) is 5.50. The summed E-state index contributed by atoms with van der Waals surface area (Å²) >= 11 is 0. The standard InChI is InChI=1S/C14H17N3O3S/c1-10-8-14(20-16-10)17-21(18,19)13-6-2-11(3-7-13)9-15-12-4-5-12/h2-3,6-8,12,15,17H,4-5,9H2,1H3. The average molecular weight is 307 g/mol. The number of aryl methyl sites for hydroxylation is 1. The summed E-state index contributed by atoms with van der Waals surface area (Å²) in [7, 11) is -3.64. The Hall–Kier alpha value is -1.86. The maximum absolute atomic E-state index is 12.2. The van der Waals surface area contributed by atoms with Crippen LogP contribution in [0.4, 0.5) is 5.88 Å². The molecule has 1 aromatic carbocycles. The minimum Gasteiger partial charge on any atom is -0.338 e. The van der Waals surface area contributed by atoms with E-state index in [0.717, 1.165) is 12.1 Å². The lowest BCUT2D eigenvalue weighted by atomic mass is 10.2. The van der Waals surface area contributed by atoms with Gasteiger partial charge in [-0.05, 0) is 37.5 Å². The summed E-state index contributed by atoms with van der Waals surface area (Å²) in [5, 5.41) is 7.03. The highest BCUT2D eigenvalue weighted by atomic mass is 32.2. The van der Waals surface area contributed by atoms with Gasteiger partial charge in [-0.3, -0.25) is 0 Å². The molecule has 1 aliphatic carbocycles. The molecule has 1 saturated carbocycles. The van der Waals surface area contributed by atoms with E-state index in [4.69, 9.17) is 4.52 Å². The Balaban J connectivity index is 1.69. The molecule has 1 aromatic heterocycles. The third kappa shape index (κ3) is 3.62. The van der Waals surface area contributed by atoms with Crippen molar-refractivity contribution in [2.75, 3.05) is 4.72 Å². The Bertz CT molecular complexity index is 718. The van der Waals surface area contributed by atoms with Gasteiger partial charge >= 0.3 is 0 Å². The van der Waals surface area contributed by atoms with Crippen molar-refractivity contribution in [3.8, 4) is 0 Å². The first-order valence-electron chi connectivity index (χ1n) is 6.81. The molecule has 7 heteroatoms. The first kappa shape index (κ1) is 14.1. The van der Waals surface area contributed by atoms with Gasteiger partial charge in [0.05, 0.1) is 10.6 Å². The molecule has 21 heavy (non-hydrogen) atoms. The summed E-state index contributed by atoms with van der Waals surface area (Å²) in [6.45, 7) is 2.49. The molecule has 0 spiro atoms. The lowest BCUT2D eigenvalue weighted by Gasteiger charge is -2.07. The van der Waals surface area contributed by atoms with Gasteiger partial charge in [0.15, 0.2) is 0 Å². The molecule has 0 aliphatic heterocycles. The number of sulfonamides is 1. The van der Waals surface area contributed by atoms with E-state index in [2.05, 4.69) is 15.2 Å². The van der Waals surface area contributed by atoms with Crippen molar-refractivity contribution in [2.24, 2.45) is 0 Å². The number of rotatable bonds is 6. The minimum absolute atomic E-state index is 0.118. The van der Waals surface area contributed by atoms with Crippen molar-refractivity contribution >= 4 is 15.9 Å². The van der Waals surface area contributed by atoms with Crippen LogP contribution in [0.3, 0.4) is 0 Å². The van der Waals surface area contributed by atoms with Crippen LogP contribution in [-0.2, 0) is 16.6 Å². The van der Waals surface area contributed by atoms with E-state index in [-0.39, 0.29) is 10.8 Å². The van der Waals surface area contributed by atoms with Crippen molar-refractivity contribution in [1.29, 1.82) is 0 Å². The Kier molecular flexibility index (Phi) is 3.69. The molecule has 1 heterocycles. The molecule has 112 valence electrons. The summed E-state index contributed by atoms with van der Waals surface area (Å²) < 4.78 is 31.6. The monoisotopic (exact) mass is 307 g/mol. The third-order valence-corrected chi connectivity index (χ3v) is 4.63. The molecule has 0 unspecified atom stereocenters. The molecular weight excluding hydrogens is 290 g/mol. The van der Waals surface area contributed by atoms with Gasteiger partial charge in [-0.2, -0.15) is 0 Å². The number of hydrogen-bond acceptors (Lipinski definition) is 5. The van der Waals surface area contributed by atoms with Gasteiger partial charge in [0.25, 0.3) is 10.0 Å². The first-order chi connectivity index (χ1) is 10.0. The quantitative estimate of drug-likeness (QED) is 0.853. The molecule has 2 aromatic rings. The fraction of sp³-hybridized carbons (Fsp3) is 0.357. The van der Waals surface area contributed by atoms with E-state index in [1.807, 2.05) is 12.1 Å². The van der Waals surface area contributed by atoms with Gasteiger partial charge in [-0.25, -0.2) is 13.1 Å². The lowest BCUT2D eigenvalue weighted by Crippen LogP contribution is -2.16. The Morgan fingerprint density at radius 1 is 1.29 bits per heavy atom. The van der Waals surface area contributed by atoms with Crippen LogP contribution >= 0.6 is 0 Å². The van der Waals surface area contributed by atoms with E-state index < -0.39 is 10.0 Å². The summed E-state index contributed by atoms with van der Waals surface area (Å²) in [6, 6.07) is 8.98. The fourth-order valence-corrected chi connectivity index (χ4v) is 2.91. The molecule has 1 aliphatic rings. The second-order valence-electron chi connectivity index (χ2n) is 5.24. The van der Waals surface area contributed by atoms with Crippen molar-refractivity contribution in [1.82, 2.24) is 10.5 Å². The smallest absolute Gasteiger partial charge is 0.264 e. The molecule has 0 atom stereocenters. The SMILES string of the molecule is Cc1cc(NS(=O)(=O)c2ccc(CNC3CC3)cc2)on1. The topological polar surface area (TPSA) is 84.2 Å². The summed E-state index contributed by atoms with van der Waals surface area (Å²) in [6.07, 6.45) is 2.46. The summed E-state index contributed by atoms with van der Waals surface area (Å²) in [5.41, 5.74) is 1.69. The van der Waals surface area contributed by atoms with Crippen molar-refractivity contribution in [2.45, 2.75) is 37.2 Å². The number of aromatic nitrogens is 1. The first-order valence-corrected chi connectivity index (χ1v) is 8.30. The van der Waals surface area contributed by atoms with Gasteiger partial charge in [0.2, 0.25) is 5.88 Å². The number of nitrogens with zero attached hydrogens (tertiary/aromatic N) is 1. The molecule has 0 amide bonds. The van der Waals surface area contributed by atoms with Crippen LogP contribution in [0.25, 0.3) is 0 Å². The van der Waals surface area contributed by atoms with Gasteiger partial charge in [0.1, 0.15) is 0 Å². The zero-order chi connectivity index (χ0) is 14.9. The molecule has 3 rings (SSSR count). The highest BCUT2D eigenvalue weighted by Gasteiger charge is 2.20. The highest BCUT2D eigenvalue weighted by Crippen LogP contribution is 2.20. The minimum atomic E-state index is -3.64. The number of benzene rings is 1. The zero-order valence-electron chi connectivity index (χ0n) is 11.7. The van der Waals surface area contributed by atoms with Crippen molar-refractivity contribution in [3.05, 3.63) is 41.6 Å². The molecule has 0 saturated heterocycles. The van der Waals surface area contributed by atoms with Crippen molar-refractivity contribution in [3.63, 3.8) is 0 Å². The third-order valence-electron chi connectivity index (χ3n) is 3.27. The fourth-order valence-electron chi connectivity index (χ4n) is 1.94. The predicted molar refractivity (Wildman–Crippen MR) is 78.4 cm³/mol. The Morgan fingerprint density at radius 2 is 2.00 bits per heavy atom. The van der Waals surface area contributed by atoms with Gasteiger partial charge in [0, 0.05) is 18.7 Å². The van der Waals surface area contributed by atoms with Crippen LogP contribution in [0.5, 0.6) is 0 Å². The zero-order valence-corrected chi connectivity index (χ0v) is 12.5. The van der Waals surface area contributed by atoms with Crippen LogP contribution < -0.4 is 10.0 Å². The Morgan fingerprint density at radius 3 is 2.57 bits per heavy atom. The largest absolute Gasteiger partial charge is 0.338 e. The van der Waals surface area contributed by atoms with Crippen molar-refractivity contribution < 1.29 is 12.9 Å². The maximum atomic E-state index is 12.2. The van der Waals surface area contributed by atoms with Crippen LogP contribution in [0, 0.1) is 6.92 Å². The molecular formula is C14H17N3O3S. The van der Waals surface area contributed by atoms with E-state index in [1.54, 1.807) is 19.1 Å². The van der Waals surface area contributed by atoms with Gasteiger partial charge in [-0.1, -0.05) is 17.3 Å². The predicted octanol–water partition coefficient (Wildman–Crippen LogP) is 2.04. The van der Waals surface area contributed by atoms with Crippen LogP contribution in [0.15, 0.2) is 39.8 Å². The summed E-state index contributed by atoms with van der Waals surface area (Å²) in [4.78, 5) is 0.201. The summed E-state index contributed by atoms with van der Waals surface area (Å²) in [5.74, 6) is 0.118. The Labute approximate surface area is 123 Å². The van der Waals surface area contributed by atoms with E-state index >= 15 is 0 Å². The molecule has 0 bridgehead atoms. The van der Waals surface area contributed by atoms with E-state index in [0.29, 0.717) is 11.7 Å². The normalized spacial score (nSPS) is 15.1. The number of hydrogen-bond donors (Lipinski definition) is 2. The highest BCUT2D eigenvalue weighted by molar-refractivity contribution is 7.92. The van der Waals surface area contributed by atoms with Gasteiger partial charge < -0.3 is 9.84 Å².